The summed E-state index contributed by atoms with van der Waals surface area (Å²) in [5.74, 6) is 0.503. The van der Waals surface area contributed by atoms with Gasteiger partial charge in [0.25, 0.3) is 0 Å². The van der Waals surface area contributed by atoms with E-state index in [0.29, 0.717) is 19.4 Å². The fourth-order valence-corrected chi connectivity index (χ4v) is 4.06. The van der Waals surface area contributed by atoms with Crippen molar-refractivity contribution in [2.45, 2.75) is 45.3 Å². The molecular formula is C23H30ClN3O2S. The third kappa shape index (κ3) is 6.24. The fraction of sp³-hybridized carbons (Fsp3) is 0.391. The lowest BCUT2D eigenvalue weighted by molar-refractivity contribution is -0.128. The molecule has 0 unspecified atom stereocenters. The largest absolute Gasteiger partial charge is 0.343 e. The first kappa shape index (κ1) is 24.3. The van der Waals surface area contributed by atoms with Gasteiger partial charge in [0.1, 0.15) is 6.04 Å². The Morgan fingerprint density at radius 2 is 1.90 bits per heavy atom. The van der Waals surface area contributed by atoms with Crippen molar-refractivity contribution in [3.63, 3.8) is 0 Å². The number of fused-ring (bicyclic) bond motifs is 1. The number of carbonyl (C=O) groups excluding carboxylic acids is 2. The molecule has 0 radical (unpaired) electrons. The maximum atomic E-state index is 12.9. The molecule has 0 fully saturated rings. The number of anilines is 1. The van der Waals surface area contributed by atoms with Crippen molar-refractivity contribution in [2.75, 3.05) is 17.3 Å². The third-order valence-corrected chi connectivity index (χ3v) is 5.93. The molecule has 7 heteroatoms. The number of nitrogens with one attached hydrogen (secondary N) is 3. The second-order valence-electron chi connectivity index (χ2n) is 7.56. The van der Waals surface area contributed by atoms with E-state index in [1.165, 1.54) is 11.1 Å². The van der Waals surface area contributed by atoms with Gasteiger partial charge in [-0.3, -0.25) is 9.59 Å². The normalized spacial score (nSPS) is 16.0. The monoisotopic (exact) mass is 447 g/mol. The van der Waals surface area contributed by atoms with E-state index < -0.39 is 6.04 Å². The summed E-state index contributed by atoms with van der Waals surface area (Å²) >= 11 is 1.67. The van der Waals surface area contributed by atoms with Crippen molar-refractivity contribution in [1.82, 2.24) is 10.6 Å². The van der Waals surface area contributed by atoms with E-state index >= 15 is 0 Å². The Bertz CT molecular complexity index is 891. The molecule has 5 nitrogen and oxygen atoms in total. The third-order valence-electron chi connectivity index (χ3n) is 5.28. The van der Waals surface area contributed by atoms with Crippen LogP contribution in [0.4, 0.5) is 5.69 Å². The Labute approximate surface area is 189 Å². The van der Waals surface area contributed by atoms with E-state index in [-0.39, 0.29) is 30.3 Å². The van der Waals surface area contributed by atoms with E-state index in [9.17, 15) is 9.59 Å². The van der Waals surface area contributed by atoms with E-state index in [1.807, 2.05) is 50.4 Å². The second-order valence-corrected chi connectivity index (χ2v) is 8.54. The number of aryl methyl sites for hydroxylation is 2. The molecule has 2 atom stereocenters. The molecule has 0 spiro atoms. The topological polar surface area (TPSA) is 70.2 Å². The standard InChI is InChI=1S/C23H29N3O2S.ClH/c1-15-8-9-19(16(2)12-15)25-22(27)20(10-11-29-3)26-23(28)21-13-17-6-4-5-7-18(17)14-24-21;/h4-9,12,20-21,24H,10-11,13-14H2,1-3H3,(H,25,27)(H,26,28);1H/t20-,21-;/m0./s1. The quantitative estimate of drug-likeness (QED) is 0.606. The minimum Gasteiger partial charge on any atom is -0.343 e. The maximum absolute atomic E-state index is 12.9. The SMILES string of the molecule is CSCC[C@H](NC(=O)[C@@H]1Cc2ccccc2CN1)C(=O)Nc1ccc(C)cc1C.Cl. The van der Waals surface area contributed by atoms with Crippen LogP contribution in [0.15, 0.2) is 42.5 Å². The number of hydrogen-bond donors (Lipinski definition) is 3. The van der Waals surface area contributed by atoms with Gasteiger partial charge in [-0.2, -0.15) is 11.8 Å². The van der Waals surface area contributed by atoms with Crippen LogP contribution < -0.4 is 16.0 Å². The molecule has 162 valence electrons. The van der Waals surface area contributed by atoms with Gasteiger partial charge in [0.05, 0.1) is 6.04 Å². The zero-order valence-corrected chi connectivity index (χ0v) is 19.3. The van der Waals surface area contributed by atoms with Crippen molar-refractivity contribution in [3.05, 3.63) is 64.7 Å². The summed E-state index contributed by atoms with van der Waals surface area (Å²) in [6.07, 6.45) is 3.23. The second kappa shape index (κ2) is 11.4. The zero-order valence-electron chi connectivity index (χ0n) is 17.7. The van der Waals surface area contributed by atoms with Gasteiger partial charge in [0.15, 0.2) is 0 Å². The van der Waals surface area contributed by atoms with Gasteiger partial charge in [-0.25, -0.2) is 0 Å². The smallest absolute Gasteiger partial charge is 0.246 e. The van der Waals surface area contributed by atoms with E-state index in [0.717, 1.165) is 22.6 Å². The molecule has 0 saturated heterocycles. The predicted molar refractivity (Wildman–Crippen MR) is 127 cm³/mol. The Kier molecular flexibility index (Phi) is 9.21. The summed E-state index contributed by atoms with van der Waals surface area (Å²) in [5, 5.41) is 9.25. The van der Waals surface area contributed by atoms with Gasteiger partial charge >= 0.3 is 0 Å². The van der Waals surface area contributed by atoms with Crippen LogP contribution in [-0.2, 0) is 22.6 Å². The lowest BCUT2D eigenvalue weighted by Crippen LogP contribution is -2.53. The van der Waals surface area contributed by atoms with Crippen molar-refractivity contribution in [1.29, 1.82) is 0 Å². The number of amides is 2. The molecular weight excluding hydrogens is 418 g/mol. The molecule has 0 aromatic heterocycles. The van der Waals surface area contributed by atoms with E-state index in [1.54, 1.807) is 11.8 Å². The van der Waals surface area contributed by atoms with Crippen molar-refractivity contribution >= 4 is 41.7 Å². The van der Waals surface area contributed by atoms with Crippen LogP contribution in [0.5, 0.6) is 0 Å². The molecule has 0 saturated carbocycles. The number of halogens is 1. The fourth-order valence-electron chi connectivity index (χ4n) is 3.59. The summed E-state index contributed by atoms with van der Waals surface area (Å²) in [6.45, 7) is 4.66. The van der Waals surface area contributed by atoms with Gasteiger partial charge in [-0.15, -0.1) is 12.4 Å². The molecule has 3 rings (SSSR count). The highest BCUT2D eigenvalue weighted by Gasteiger charge is 2.28. The molecule has 2 aromatic carbocycles. The van der Waals surface area contributed by atoms with E-state index in [4.69, 9.17) is 0 Å². The molecule has 1 aliphatic heterocycles. The summed E-state index contributed by atoms with van der Waals surface area (Å²) < 4.78 is 0. The minimum absolute atomic E-state index is 0. The Morgan fingerprint density at radius 3 is 2.60 bits per heavy atom. The van der Waals surface area contributed by atoms with Gasteiger partial charge < -0.3 is 16.0 Å². The van der Waals surface area contributed by atoms with Crippen LogP contribution in [0, 0.1) is 13.8 Å². The number of hydrogen-bond acceptors (Lipinski definition) is 4. The summed E-state index contributed by atoms with van der Waals surface area (Å²) in [7, 11) is 0. The molecule has 1 aliphatic rings. The van der Waals surface area contributed by atoms with Gasteiger partial charge in [0, 0.05) is 12.2 Å². The van der Waals surface area contributed by atoms with Crippen molar-refractivity contribution in [3.8, 4) is 0 Å². The molecule has 2 amide bonds. The number of thioether (sulfide) groups is 1. The highest BCUT2D eigenvalue weighted by Crippen LogP contribution is 2.18. The maximum Gasteiger partial charge on any atom is 0.246 e. The van der Waals surface area contributed by atoms with Crippen LogP contribution in [0.25, 0.3) is 0 Å². The van der Waals surface area contributed by atoms with Crippen LogP contribution in [0.2, 0.25) is 0 Å². The number of carbonyl (C=O) groups is 2. The molecule has 30 heavy (non-hydrogen) atoms. The number of benzene rings is 2. The first-order valence-electron chi connectivity index (χ1n) is 9.95. The summed E-state index contributed by atoms with van der Waals surface area (Å²) in [5.41, 5.74) is 5.36. The Hall–Kier alpha value is -2.02. The minimum atomic E-state index is -0.561. The number of rotatable bonds is 7. The van der Waals surface area contributed by atoms with Crippen molar-refractivity contribution in [2.24, 2.45) is 0 Å². The van der Waals surface area contributed by atoms with Gasteiger partial charge in [-0.05, 0) is 61.5 Å². The zero-order chi connectivity index (χ0) is 20.8. The van der Waals surface area contributed by atoms with Gasteiger partial charge in [-0.1, -0.05) is 42.0 Å². The van der Waals surface area contributed by atoms with Gasteiger partial charge in [0.2, 0.25) is 11.8 Å². The molecule has 1 heterocycles. The first-order chi connectivity index (χ1) is 14.0. The van der Waals surface area contributed by atoms with E-state index in [2.05, 4.69) is 28.1 Å². The average Bonchev–Trinajstić information content (AvgIpc) is 2.72. The average molecular weight is 448 g/mol. The van der Waals surface area contributed by atoms with Crippen LogP contribution in [0.1, 0.15) is 28.7 Å². The first-order valence-corrected chi connectivity index (χ1v) is 11.3. The molecule has 3 N–H and O–H groups in total. The van der Waals surface area contributed by atoms with Crippen LogP contribution in [0.3, 0.4) is 0 Å². The highest BCUT2D eigenvalue weighted by atomic mass is 35.5. The Morgan fingerprint density at radius 1 is 1.17 bits per heavy atom. The Balaban J connectivity index is 0.00000320. The lowest BCUT2D eigenvalue weighted by Gasteiger charge is -2.27. The highest BCUT2D eigenvalue weighted by molar-refractivity contribution is 7.98. The van der Waals surface area contributed by atoms with Crippen LogP contribution >= 0.6 is 24.2 Å². The lowest BCUT2D eigenvalue weighted by atomic mass is 9.95. The van der Waals surface area contributed by atoms with Crippen LogP contribution in [-0.4, -0.2) is 35.9 Å². The molecule has 0 aliphatic carbocycles. The molecule has 2 aromatic rings. The summed E-state index contributed by atoms with van der Waals surface area (Å²) in [6, 6.07) is 13.2. The van der Waals surface area contributed by atoms with Crippen molar-refractivity contribution < 1.29 is 9.59 Å². The predicted octanol–water partition coefficient (Wildman–Crippen LogP) is 3.62. The summed E-state index contributed by atoms with van der Waals surface area (Å²) in [4.78, 5) is 25.8. The molecule has 0 bridgehead atoms.